The Kier molecular flexibility index (Phi) is 5.13. The Hall–Kier alpha value is -0.710. The van der Waals surface area contributed by atoms with Gasteiger partial charge in [-0.05, 0) is 25.7 Å². The van der Waals surface area contributed by atoms with E-state index in [2.05, 4.69) is 0 Å². The molecule has 2 aliphatic rings. The second-order valence-corrected chi connectivity index (χ2v) is 7.00. The SMILES string of the molecule is CC1SCC(C(=O)O)N1C(=O)CC1CCCCCC1. The summed E-state index contributed by atoms with van der Waals surface area (Å²) in [7, 11) is 0. The largest absolute Gasteiger partial charge is 0.480 e. The summed E-state index contributed by atoms with van der Waals surface area (Å²) < 4.78 is 0. The van der Waals surface area contributed by atoms with E-state index in [0.717, 1.165) is 12.8 Å². The Morgan fingerprint density at radius 1 is 1.21 bits per heavy atom. The van der Waals surface area contributed by atoms with Crippen LogP contribution >= 0.6 is 11.8 Å². The molecule has 19 heavy (non-hydrogen) atoms. The molecule has 0 aromatic heterocycles. The third-order valence-corrected chi connectivity index (χ3v) is 5.45. The van der Waals surface area contributed by atoms with Crippen molar-refractivity contribution in [2.75, 3.05) is 5.75 Å². The van der Waals surface area contributed by atoms with Crippen LogP contribution < -0.4 is 0 Å². The summed E-state index contributed by atoms with van der Waals surface area (Å²) in [5.74, 6) is 0.150. The van der Waals surface area contributed by atoms with Crippen LogP contribution in [0.4, 0.5) is 0 Å². The summed E-state index contributed by atoms with van der Waals surface area (Å²) in [5, 5.41) is 9.19. The lowest BCUT2D eigenvalue weighted by Gasteiger charge is -2.27. The molecule has 2 unspecified atom stereocenters. The lowest BCUT2D eigenvalue weighted by atomic mass is 9.95. The van der Waals surface area contributed by atoms with Gasteiger partial charge in [0.05, 0.1) is 5.37 Å². The Bertz CT molecular complexity index is 340. The van der Waals surface area contributed by atoms with Gasteiger partial charge in [-0.2, -0.15) is 0 Å². The molecule has 4 nitrogen and oxygen atoms in total. The van der Waals surface area contributed by atoms with Gasteiger partial charge >= 0.3 is 5.97 Å². The van der Waals surface area contributed by atoms with Crippen molar-refractivity contribution in [3.63, 3.8) is 0 Å². The molecule has 1 amide bonds. The number of carboxylic acids is 1. The highest BCUT2D eigenvalue weighted by atomic mass is 32.2. The molecule has 1 aliphatic heterocycles. The molecule has 1 N–H and O–H groups in total. The van der Waals surface area contributed by atoms with Crippen molar-refractivity contribution in [1.82, 2.24) is 4.90 Å². The van der Waals surface area contributed by atoms with Gasteiger partial charge in [0, 0.05) is 12.2 Å². The van der Waals surface area contributed by atoms with Crippen molar-refractivity contribution in [2.45, 2.75) is 63.3 Å². The number of carbonyl (C=O) groups excluding carboxylic acids is 1. The minimum atomic E-state index is -0.869. The Balaban J connectivity index is 1.95. The zero-order valence-electron chi connectivity index (χ0n) is 11.5. The minimum absolute atomic E-state index is 0.000576. The van der Waals surface area contributed by atoms with E-state index in [-0.39, 0.29) is 11.3 Å². The van der Waals surface area contributed by atoms with Crippen molar-refractivity contribution in [1.29, 1.82) is 0 Å². The van der Waals surface area contributed by atoms with Crippen LogP contribution in [-0.4, -0.2) is 39.1 Å². The molecule has 5 heteroatoms. The number of aliphatic carboxylic acids is 1. The molecule has 0 aromatic rings. The number of rotatable bonds is 3. The van der Waals surface area contributed by atoms with E-state index in [0.29, 0.717) is 18.1 Å². The van der Waals surface area contributed by atoms with Crippen molar-refractivity contribution < 1.29 is 14.7 Å². The first-order valence-corrected chi connectivity index (χ1v) is 8.30. The maximum Gasteiger partial charge on any atom is 0.327 e. The van der Waals surface area contributed by atoms with E-state index < -0.39 is 12.0 Å². The maximum absolute atomic E-state index is 12.4. The first-order valence-electron chi connectivity index (χ1n) is 7.25. The zero-order valence-corrected chi connectivity index (χ0v) is 12.3. The first kappa shape index (κ1) is 14.7. The van der Waals surface area contributed by atoms with E-state index in [4.69, 9.17) is 0 Å². The smallest absolute Gasteiger partial charge is 0.327 e. The van der Waals surface area contributed by atoms with E-state index in [1.165, 1.54) is 25.7 Å². The number of hydrogen-bond acceptors (Lipinski definition) is 3. The molecule has 2 atom stereocenters. The highest BCUT2D eigenvalue weighted by Crippen LogP contribution is 2.32. The fraction of sp³-hybridized carbons (Fsp3) is 0.857. The van der Waals surface area contributed by atoms with Crippen LogP contribution in [-0.2, 0) is 9.59 Å². The van der Waals surface area contributed by atoms with Crippen LogP contribution in [0.5, 0.6) is 0 Å². The topological polar surface area (TPSA) is 57.6 Å². The lowest BCUT2D eigenvalue weighted by Crippen LogP contribution is -2.45. The van der Waals surface area contributed by atoms with Gasteiger partial charge < -0.3 is 10.0 Å². The van der Waals surface area contributed by atoms with Crippen molar-refractivity contribution in [3.8, 4) is 0 Å². The van der Waals surface area contributed by atoms with E-state index in [1.54, 1.807) is 16.7 Å². The number of thioether (sulfide) groups is 1. The molecule has 0 bridgehead atoms. The monoisotopic (exact) mass is 285 g/mol. The second-order valence-electron chi connectivity index (χ2n) is 5.65. The molecule has 0 radical (unpaired) electrons. The number of carbonyl (C=O) groups is 2. The van der Waals surface area contributed by atoms with Gasteiger partial charge in [0.1, 0.15) is 6.04 Å². The first-order chi connectivity index (χ1) is 9.09. The molecule has 1 saturated carbocycles. The Morgan fingerprint density at radius 3 is 2.42 bits per heavy atom. The molecule has 1 heterocycles. The summed E-state index contributed by atoms with van der Waals surface area (Å²) >= 11 is 1.56. The fourth-order valence-electron chi connectivity index (χ4n) is 3.13. The van der Waals surface area contributed by atoms with Gasteiger partial charge in [0.2, 0.25) is 5.91 Å². The van der Waals surface area contributed by atoms with Gasteiger partial charge in [0.15, 0.2) is 0 Å². The predicted molar refractivity (Wildman–Crippen MR) is 76.0 cm³/mol. The number of nitrogens with zero attached hydrogens (tertiary/aromatic N) is 1. The average Bonchev–Trinajstić information content (AvgIpc) is 2.58. The highest BCUT2D eigenvalue weighted by molar-refractivity contribution is 8.00. The predicted octanol–water partition coefficient (Wildman–Crippen LogP) is 2.72. The minimum Gasteiger partial charge on any atom is -0.480 e. The van der Waals surface area contributed by atoms with Crippen LogP contribution in [0.2, 0.25) is 0 Å². The molecule has 2 fully saturated rings. The van der Waals surface area contributed by atoms with Gasteiger partial charge in [-0.3, -0.25) is 4.79 Å². The molecular formula is C14H23NO3S. The van der Waals surface area contributed by atoms with Gasteiger partial charge in [0.25, 0.3) is 0 Å². The summed E-state index contributed by atoms with van der Waals surface area (Å²) in [6.07, 6.45) is 7.76. The molecular weight excluding hydrogens is 262 g/mol. The zero-order chi connectivity index (χ0) is 13.8. The lowest BCUT2D eigenvalue weighted by molar-refractivity contribution is -0.149. The Labute approximate surface area is 118 Å². The van der Waals surface area contributed by atoms with E-state index in [1.807, 2.05) is 6.92 Å². The number of hydrogen-bond donors (Lipinski definition) is 1. The molecule has 0 spiro atoms. The average molecular weight is 285 g/mol. The molecule has 108 valence electrons. The molecule has 1 saturated heterocycles. The standard InChI is InChI=1S/C14H23NO3S/c1-10-15(12(9-19-10)14(17)18)13(16)8-11-6-4-2-3-5-7-11/h10-12H,2-9H2,1H3,(H,17,18). The Morgan fingerprint density at radius 2 is 1.84 bits per heavy atom. The van der Waals surface area contributed by atoms with Gasteiger partial charge in [-0.15, -0.1) is 11.8 Å². The fourth-order valence-corrected chi connectivity index (χ4v) is 4.32. The third-order valence-electron chi connectivity index (χ3n) is 4.23. The molecule has 0 aromatic carbocycles. The third kappa shape index (κ3) is 3.65. The van der Waals surface area contributed by atoms with Gasteiger partial charge in [-0.1, -0.05) is 25.7 Å². The summed E-state index contributed by atoms with van der Waals surface area (Å²) in [6, 6.07) is -0.627. The molecule has 1 aliphatic carbocycles. The highest BCUT2D eigenvalue weighted by Gasteiger charge is 2.39. The maximum atomic E-state index is 12.4. The summed E-state index contributed by atoms with van der Waals surface area (Å²) in [5.41, 5.74) is 0. The van der Waals surface area contributed by atoms with Crippen LogP contribution in [0.25, 0.3) is 0 Å². The second kappa shape index (κ2) is 6.64. The quantitative estimate of drug-likeness (QED) is 0.810. The molecule has 2 rings (SSSR count). The van der Waals surface area contributed by atoms with Crippen LogP contribution in [0.15, 0.2) is 0 Å². The van der Waals surface area contributed by atoms with Crippen molar-refractivity contribution in [3.05, 3.63) is 0 Å². The van der Waals surface area contributed by atoms with Gasteiger partial charge in [-0.25, -0.2) is 4.79 Å². The van der Waals surface area contributed by atoms with Crippen molar-refractivity contribution in [2.24, 2.45) is 5.92 Å². The van der Waals surface area contributed by atoms with E-state index in [9.17, 15) is 14.7 Å². The number of carboxylic acid groups (broad SMARTS) is 1. The van der Waals surface area contributed by atoms with E-state index >= 15 is 0 Å². The van der Waals surface area contributed by atoms with Crippen molar-refractivity contribution >= 4 is 23.6 Å². The summed E-state index contributed by atoms with van der Waals surface area (Å²) in [6.45, 7) is 1.93. The van der Waals surface area contributed by atoms with Crippen LogP contribution in [0.1, 0.15) is 51.9 Å². The van der Waals surface area contributed by atoms with Crippen LogP contribution in [0, 0.1) is 5.92 Å². The number of amides is 1. The normalized spacial score (nSPS) is 29.2. The summed E-state index contributed by atoms with van der Waals surface area (Å²) in [4.78, 5) is 25.2. The van der Waals surface area contributed by atoms with Crippen LogP contribution in [0.3, 0.4) is 0 Å².